The number of thiophene rings is 1. The number of nitrogens with two attached hydrogens (primary N) is 1. The summed E-state index contributed by atoms with van der Waals surface area (Å²) >= 11 is 8.69. The summed E-state index contributed by atoms with van der Waals surface area (Å²) in [7, 11) is 1.72. The monoisotopic (exact) mass is 370 g/mol. The van der Waals surface area contributed by atoms with Crippen molar-refractivity contribution in [2.45, 2.75) is 19.4 Å². The molecule has 0 radical (unpaired) electrons. The maximum absolute atomic E-state index is 5.63. The van der Waals surface area contributed by atoms with Gasteiger partial charge in [0.2, 0.25) is 0 Å². The molecule has 2 atom stereocenters. The van der Waals surface area contributed by atoms with Crippen LogP contribution in [-0.2, 0) is 4.74 Å². The average Bonchev–Trinajstić information content (AvgIpc) is 2.56. The van der Waals surface area contributed by atoms with Gasteiger partial charge in [-0.15, -0.1) is 11.3 Å². The highest BCUT2D eigenvalue weighted by molar-refractivity contribution is 9.12. The molecule has 0 spiro atoms. The van der Waals surface area contributed by atoms with Gasteiger partial charge >= 0.3 is 0 Å². The van der Waals surface area contributed by atoms with Crippen molar-refractivity contribution in [3.63, 3.8) is 0 Å². The lowest BCUT2D eigenvalue weighted by molar-refractivity contribution is 0.170. The molecule has 3 nitrogen and oxygen atoms in total. The van der Waals surface area contributed by atoms with Crippen LogP contribution >= 0.6 is 43.2 Å². The lowest BCUT2D eigenvalue weighted by Gasteiger charge is -2.22. The van der Waals surface area contributed by atoms with E-state index in [1.165, 1.54) is 5.56 Å². The van der Waals surface area contributed by atoms with Gasteiger partial charge in [0.15, 0.2) is 0 Å². The molecule has 0 aliphatic carbocycles. The van der Waals surface area contributed by atoms with Gasteiger partial charge in [-0.05, 0) is 55.8 Å². The van der Waals surface area contributed by atoms with Crippen LogP contribution in [0.4, 0.5) is 0 Å². The predicted molar refractivity (Wildman–Crippen MR) is 75.4 cm³/mol. The van der Waals surface area contributed by atoms with Crippen molar-refractivity contribution in [1.29, 1.82) is 0 Å². The molecule has 2 unspecified atom stereocenters. The Hall–Kier alpha value is 0.540. The molecule has 0 saturated carbocycles. The number of nitrogens with one attached hydrogen (secondary N) is 1. The Kier molecular flexibility index (Phi) is 6.46. The molecule has 92 valence electrons. The van der Waals surface area contributed by atoms with Gasteiger partial charge in [-0.3, -0.25) is 11.3 Å². The van der Waals surface area contributed by atoms with Crippen molar-refractivity contribution >= 4 is 43.2 Å². The van der Waals surface area contributed by atoms with Crippen molar-refractivity contribution < 1.29 is 4.74 Å². The lowest BCUT2D eigenvalue weighted by atomic mass is 9.94. The zero-order chi connectivity index (χ0) is 12.1. The first-order valence-electron chi connectivity index (χ1n) is 5.00. The van der Waals surface area contributed by atoms with Crippen LogP contribution in [0.2, 0.25) is 0 Å². The van der Waals surface area contributed by atoms with Gasteiger partial charge in [0.25, 0.3) is 0 Å². The van der Waals surface area contributed by atoms with Crippen LogP contribution in [0.15, 0.2) is 13.6 Å². The standard InChI is InChI=1S/C10H16Br2N2OS/c1-6(3-4-15-2)9(14-13)7-5-8(11)16-10(7)12/h5-6,9,14H,3-4,13H2,1-2H3. The third-order valence-electron chi connectivity index (χ3n) is 2.54. The molecule has 1 aromatic rings. The molecular formula is C10H16Br2N2OS. The van der Waals surface area contributed by atoms with Gasteiger partial charge in [0.05, 0.1) is 13.6 Å². The van der Waals surface area contributed by atoms with E-state index in [2.05, 4.69) is 50.3 Å². The summed E-state index contributed by atoms with van der Waals surface area (Å²) in [6, 6.07) is 2.25. The molecule has 0 bridgehead atoms. The van der Waals surface area contributed by atoms with Gasteiger partial charge in [0.1, 0.15) is 0 Å². The molecule has 0 amide bonds. The highest BCUT2D eigenvalue weighted by Gasteiger charge is 2.21. The van der Waals surface area contributed by atoms with Crippen molar-refractivity contribution in [2.24, 2.45) is 11.8 Å². The highest BCUT2D eigenvalue weighted by Crippen LogP contribution is 2.38. The topological polar surface area (TPSA) is 47.3 Å². The Labute approximate surface area is 117 Å². The minimum Gasteiger partial charge on any atom is -0.385 e. The number of methoxy groups -OCH3 is 1. The predicted octanol–water partition coefficient (Wildman–Crippen LogP) is 3.45. The fraction of sp³-hybridized carbons (Fsp3) is 0.600. The quantitative estimate of drug-likeness (QED) is 0.594. The average molecular weight is 372 g/mol. The number of rotatable bonds is 6. The first-order valence-corrected chi connectivity index (χ1v) is 7.40. The molecule has 1 aromatic heterocycles. The normalized spacial score (nSPS) is 15.1. The molecule has 3 N–H and O–H groups in total. The zero-order valence-electron chi connectivity index (χ0n) is 9.30. The molecule has 0 aromatic carbocycles. The van der Waals surface area contributed by atoms with Crippen LogP contribution in [0, 0.1) is 5.92 Å². The van der Waals surface area contributed by atoms with Gasteiger partial charge in [0, 0.05) is 13.7 Å². The van der Waals surface area contributed by atoms with Gasteiger partial charge in [-0.2, -0.15) is 0 Å². The molecule has 1 rings (SSSR count). The minimum absolute atomic E-state index is 0.145. The maximum atomic E-state index is 5.63. The number of hydrazine groups is 1. The Morgan fingerprint density at radius 1 is 1.56 bits per heavy atom. The largest absolute Gasteiger partial charge is 0.385 e. The number of hydrogen-bond acceptors (Lipinski definition) is 4. The van der Waals surface area contributed by atoms with Gasteiger partial charge in [-0.1, -0.05) is 6.92 Å². The minimum atomic E-state index is 0.145. The van der Waals surface area contributed by atoms with E-state index < -0.39 is 0 Å². The van der Waals surface area contributed by atoms with E-state index in [0.717, 1.165) is 20.6 Å². The zero-order valence-corrected chi connectivity index (χ0v) is 13.3. The third-order valence-corrected chi connectivity index (χ3v) is 4.93. The Morgan fingerprint density at radius 2 is 2.25 bits per heavy atom. The molecule has 0 aliphatic rings. The Balaban J connectivity index is 2.77. The second-order valence-corrected chi connectivity index (χ2v) is 7.43. The van der Waals surface area contributed by atoms with Crippen molar-refractivity contribution in [1.82, 2.24) is 5.43 Å². The fourth-order valence-corrected chi connectivity index (χ4v) is 4.52. The van der Waals surface area contributed by atoms with Crippen LogP contribution in [0.5, 0.6) is 0 Å². The molecule has 6 heteroatoms. The van der Waals surface area contributed by atoms with E-state index in [1.54, 1.807) is 18.4 Å². The van der Waals surface area contributed by atoms with Gasteiger partial charge in [-0.25, -0.2) is 0 Å². The first-order chi connectivity index (χ1) is 7.60. The van der Waals surface area contributed by atoms with Crippen molar-refractivity contribution in [3.05, 3.63) is 19.2 Å². The maximum Gasteiger partial charge on any atom is 0.0758 e. The fourth-order valence-electron chi connectivity index (χ4n) is 1.60. The van der Waals surface area contributed by atoms with E-state index >= 15 is 0 Å². The summed E-state index contributed by atoms with van der Waals surface area (Å²) in [6.45, 7) is 2.92. The molecule has 16 heavy (non-hydrogen) atoms. The second-order valence-electron chi connectivity index (χ2n) is 3.68. The van der Waals surface area contributed by atoms with E-state index in [-0.39, 0.29) is 6.04 Å². The number of ether oxygens (including phenoxy) is 1. The number of hydrogen-bond donors (Lipinski definition) is 2. The summed E-state index contributed by atoms with van der Waals surface area (Å²) in [5.41, 5.74) is 4.08. The smallest absolute Gasteiger partial charge is 0.0758 e. The molecule has 0 saturated heterocycles. The van der Waals surface area contributed by atoms with Crippen molar-refractivity contribution in [2.75, 3.05) is 13.7 Å². The van der Waals surface area contributed by atoms with Gasteiger partial charge < -0.3 is 4.74 Å². The summed E-state index contributed by atoms with van der Waals surface area (Å²) in [6.07, 6.45) is 0.977. The highest BCUT2D eigenvalue weighted by atomic mass is 79.9. The summed E-state index contributed by atoms with van der Waals surface area (Å²) in [5.74, 6) is 6.05. The first kappa shape index (κ1) is 14.6. The van der Waals surface area contributed by atoms with Crippen molar-refractivity contribution in [3.8, 4) is 0 Å². The van der Waals surface area contributed by atoms with E-state index in [1.807, 2.05) is 0 Å². The third kappa shape index (κ3) is 3.78. The van der Waals surface area contributed by atoms with Crippen LogP contribution in [-0.4, -0.2) is 13.7 Å². The Bertz CT molecular complexity index is 333. The Morgan fingerprint density at radius 3 is 2.69 bits per heavy atom. The van der Waals surface area contributed by atoms with Crippen LogP contribution in [0.3, 0.4) is 0 Å². The van der Waals surface area contributed by atoms with Crippen LogP contribution in [0.1, 0.15) is 24.9 Å². The number of halogens is 2. The lowest BCUT2D eigenvalue weighted by Crippen LogP contribution is -2.33. The van der Waals surface area contributed by atoms with Crippen LogP contribution in [0.25, 0.3) is 0 Å². The molecule has 0 fully saturated rings. The van der Waals surface area contributed by atoms with E-state index in [9.17, 15) is 0 Å². The summed E-state index contributed by atoms with van der Waals surface area (Å²) < 4.78 is 7.31. The van der Waals surface area contributed by atoms with Crippen LogP contribution < -0.4 is 11.3 Å². The summed E-state index contributed by atoms with van der Waals surface area (Å²) in [5, 5.41) is 0. The molecular weight excluding hydrogens is 356 g/mol. The SMILES string of the molecule is COCCC(C)C(NN)c1cc(Br)sc1Br. The van der Waals surface area contributed by atoms with E-state index in [4.69, 9.17) is 10.6 Å². The summed E-state index contributed by atoms with van der Waals surface area (Å²) in [4.78, 5) is 0. The second kappa shape index (κ2) is 7.08. The van der Waals surface area contributed by atoms with E-state index in [0.29, 0.717) is 5.92 Å². The molecule has 0 aliphatic heterocycles. The molecule has 1 heterocycles.